The number of pyridine rings is 1. The summed E-state index contributed by atoms with van der Waals surface area (Å²) in [5.74, 6) is -3.52. The summed E-state index contributed by atoms with van der Waals surface area (Å²) in [5, 5.41) is 0. The lowest BCUT2D eigenvalue weighted by molar-refractivity contribution is -0.268. The first-order chi connectivity index (χ1) is 17.9. The summed E-state index contributed by atoms with van der Waals surface area (Å²) < 4.78 is 27.5. The first-order valence-corrected chi connectivity index (χ1v) is 12.6. The van der Waals surface area contributed by atoms with Crippen LogP contribution < -0.4 is 0 Å². The largest absolute Gasteiger partial charge is 0.463 e. The van der Waals surface area contributed by atoms with Crippen LogP contribution in [0, 0.1) is 0 Å². The van der Waals surface area contributed by atoms with Crippen molar-refractivity contribution in [1.82, 2.24) is 9.88 Å². The Morgan fingerprint density at radius 3 is 2.03 bits per heavy atom. The molecule has 0 aromatic carbocycles. The Bertz CT molecular complexity index is 1170. The van der Waals surface area contributed by atoms with Crippen LogP contribution in [0.4, 0.5) is 0 Å². The van der Waals surface area contributed by atoms with Crippen LogP contribution in [0.3, 0.4) is 0 Å². The van der Waals surface area contributed by atoms with Gasteiger partial charge in [-0.1, -0.05) is 24.0 Å². The van der Waals surface area contributed by atoms with Crippen LogP contribution in [0.1, 0.15) is 40.2 Å². The molecule has 2 aliphatic rings. The molecule has 0 N–H and O–H groups in total. The first-order valence-electron chi connectivity index (χ1n) is 11.4. The second-order valence-electron chi connectivity index (χ2n) is 8.32. The number of thioether (sulfide) groups is 1. The minimum absolute atomic E-state index is 0.0827. The van der Waals surface area contributed by atoms with Crippen molar-refractivity contribution in [3.63, 3.8) is 0 Å². The smallest absolute Gasteiger partial charge is 0.303 e. The SMILES string of the molecule is CC(=O)OCC1OC(N2C(=O)/C(=C(\C)c3ccncc3)SC2=S)C(OC(C)=O)C(OC(C)=O)C1OC(C)=O. The maximum atomic E-state index is 13.7. The van der Waals surface area contributed by atoms with Crippen LogP contribution in [-0.4, -0.2) is 81.2 Å². The highest BCUT2D eigenvalue weighted by molar-refractivity contribution is 8.26. The number of aromatic nitrogens is 1. The average Bonchev–Trinajstić information content (AvgIpc) is 3.13. The molecule has 2 saturated heterocycles. The van der Waals surface area contributed by atoms with Crippen LogP contribution in [0.5, 0.6) is 0 Å². The van der Waals surface area contributed by atoms with Gasteiger partial charge in [0, 0.05) is 40.1 Å². The third kappa shape index (κ3) is 6.74. The number of ether oxygens (including phenoxy) is 5. The fourth-order valence-corrected chi connectivity index (χ4v) is 5.33. The van der Waals surface area contributed by atoms with Crippen molar-refractivity contribution in [2.75, 3.05) is 6.61 Å². The van der Waals surface area contributed by atoms with Gasteiger partial charge in [-0.15, -0.1) is 0 Å². The van der Waals surface area contributed by atoms with Crippen molar-refractivity contribution in [2.45, 2.75) is 65.3 Å². The van der Waals surface area contributed by atoms with Gasteiger partial charge in [0.25, 0.3) is 5.91 Å². The van der Waals surface area contributed by atoms with Crippen LogP contribution in [-0.2, 0) is 47.7 Å². The average molecular weight is 567 g/mol. The summed E-state index contributed by atoms with van der Waals surface area (Å²) in [6.45, 7) is 5.84. The third-order valence-corrected chi connectivity index (χ3v) is 6.98. The van der Waals surface area contributed by atoms with E-state index in [0.29, 0.717) is 10.5 Å². The van der Waals surface area contributed by atoms with E-state index in [9.17, 15) is 24.0 Å². The molecule has 0 bridgehead atoms. The van der Waals surface area contributed by atoms with Gasteiger partial charge in [-0.25, -0.2) is 0 Å². The zero-order valence-corrected chi connectivity index (χ0v) is 22.8. The van der Waals surface area contributed by atoms with Gasteiger partial charge in [-0.05, 0) is 30.2 Å². The van der Waals surface area contributed by atoms with Gasteiger partial charge in [0.2, 0.25) is 0 Å². The molecule has 5 unspecified atom stereocenters. The number of hydrogen-bond acceptors (Lipinski definition) is 13. The number of hydrogen-bond donors (Lipinski definition) is 0. The maximum absolute atomic E-state index is 13.7. The topological polar surface area (TPSA) is 148 Å². The summed E-state index contributed by atoms with van der Waals surface area (Å²) in [4.78, 5) is 66.7. The summed E-state index contributed by atoms with van der Waals surface area (Å²) in [7, 11) is 0. The monoisotopic (exact) mass is 566 g/mol. The van der Waals surface area contributed by atoms with E-state index in [0.717, 1.165) is 43.0 Å². The summed E-state index contributed by atoms with van der Waals surface area (Å²) >= 11 is 6.52. The van der Waals surface area contributed by atoms with Crippen LogP contribution in [0.25, 0.3) is 5.57 Å². The Morgan fingerprint density at radius 2 is 1.47 bits per heavy atom. The molecular formula is C24H26N2O10S2. The lowest BCUT2D eigenvalue weighted by atomic mass is 9.96. The Labute approximate surface area is 228 Å². The standard InChI is InChI=1S/C24H26N2O10S2/c1-11(16-6-8-25-9-7-16)21-22(31)26(24(37)38-21)23-20(35-15(5)30)19(34-14(4)29)18(33-13(3)28)17(36-23)10-32-12(2)27/h6-9,17-20,23H,10H2,1-5H3/b21-11-. The van der Waals surface area contributed by atoms with Gasteiger partial charge in [0.1, 0.15) is 12.7 Å². The van der Waals surface area contributed by atoms with Crippen molar-refractivity contribution in [3.8, 4) is 0 Å². The predicted octanol–water partition coefficient (Wildman–Crippen LogP) is 1.76. The van der Waals surface area contributed by atoms with Crippen LogP contribution in [0.2, 0.25) is 0 Å². The lowest BCUT2D eigenvalue weighted by Gasteiger charge is -2.46. The van der Waals surface area contributed by atoms with E-state index in [2.05, 4.69) is 4.98 Å². The second kappa shape index (κ2) is 12.5. The second-order valence-corrected chi connectivity index (χ2v) is 9.97. The van der Waals surface area contributed by atoms with Gasteiger partial charge < -0.3 is 23.7 Å². The van der Waals surface area contributed by atoms with Gasteiger partial charge in [0.15, 0.2) is 28.9 Å². The van der Waals surface area contributed by atoms with Crippen molar-refractivity contribution < 1.29 is 47.7 Å². The molecule has 0 saturated carbocycles. The van der Waals surface area contributed by atoms with E-state index in [1.807, 2.05) is 0 Å². The predicted molar refractivity (Wildman–Crippen MR) is 136 cm³/mol. The number of esters is 4. The van der Waals surface area contributed by atoms with E-state index in [4.69, 9.17) is 35.9 Å². The molecule has 3 heterocycles. The fourth-order valence-electron chi connectivity index (χ4n) is 3.98. The number of amides is 1. The molecule has 3 rings (SSSR count). The van der Waals surface area contributed by atoms with Gasteiger partial charge in [-0.3, -0.25) is 33.9 Å². The van der Waals surface area contributed by atoms with E-state index in [1.54, 1.807) is 31.5 Å². The number of carbonyl (C=O) groups excluding carboxylic acids is 5. The normalized spacial score (nSPS) is 26.4. The molecule has 38 heavy (non-hydrogen) atoms. The van der Waals surface area contributed by atoms with E-state index >= 15 is 0 Å². The Hall–Kier alpha value is -3.36. The van der Waals surface area contributed by atoms with Gasteiger partial charge >= 0.3 is 23.9 Å². The Kier molecular flexibility index (Phi) is 9.57. The van der Waals surface area contributed by atoms with Crippen LogP contribution in [0.15, 0.2) is 29.4 Å². The molecule has 12 nitrogen and oxygen atoms in total. The molecule has 1 aromatic heterocycles. The maximum Gasteiger partial charge on any atom is 0.303 e. The quantitative estimate of drug-likeness (QED) is 0.204. The summed E-state index contributed by atoms with van der Waals surface area (Å²) in [6.07, 6.45) is -3.67. The molecule has 204 valence electrons. The van der Waals surface area contributed by atoms with Crippen molar-refractivity contribution >= 4 is 63.7 Å². The highest BCUT2D eigenvalue weighted by Crippen LogP contribution is 2.41. The number of thiocarbonyl (C=S) groups is 1. The summed E-state index contributed by atoms with van der Waals surface area (Å²) in [6, 6.07) is 3.46. The zero-order chi connectivity index (χ0) is 28.1. The van der Waals surface area contributed by atoms with Gasteiger partial charge in [-0.2, -0.15) is 0 Å². The molecule has 0 radical (unpaired) electrons. The molecule has 14 heteroatoms. The van der Waals surface area contributed by atoms with Crippen molar-refractivity contribution in [1.29, 1.82) is 0 Å². The van der Waals surface area contributed by atoms with E-state index in [1.165, 1.54) is 6.92 Å². The van der Waals surface area contributed by atoms with E-state index in [-0.39, 0.29) is 4.32 Å². The molecule has 0 aliphatic carbocycles. The Balaban J connectivity index is 2.09. The molecule has 2 fully saturated rings. The molecule has 1 aromatic rings. The number of allylic oxidation sites excluding steroid dienone is 1. The number of nitrogens with zero attached hydrogens (tertiary/aromatic N) is 2. The minimum atomic E-state index is -1.45. The fraction of sp³-hybridized carbons (Fsp3) is 0.458. The third-order valence-electron chi connectivity index (χ3n) is 5.47. The number of carbonyl (C=O) groups is 5. The zero-order valence-electron chi connectivity index (χ0n) is 21.2. The summed E-state index contributed by atoms with van der Waals surface area (Å²) in [5.41, 5.74) is 1.36. The van der Waals surface area contributed by atoms with Crippen LogP contribution >= 0.6 is 24.0 Å². The van der Waals surface area contributed by atoms with Gasteiger partial charge in [0.05, 0.1) is 4.91 Å². The Morgan fingerprint density at radius 1 is 0.921 bits per heavy atom. The first kappa shape index (κ1) is 29.2. The molecule has 2 aliphatic heterocycles. The lowest BCUT2D eigenvalue weighted by Crippen LogP contribution is -2.66. The molecule has 1 amide bonds. The highest BCUT2D eigenvalue weighted by Gasteiger charge is 2.56. The molecule has 5 atom stereocenters. The van der Waals surface area contributed by atoms with E-state index < -0.39 is 67.0 Å². The molecular weight excluding hydrogens is 540 g/mol. The minimum Gasteiger partial charge on any atom is -0.463 e. The van der Waals surface area contributed by atoms with Crippen molar-refractivity contribution in [3.05, 3.63) is 35.0 Å². The molecule has 0 spiro atoms. The highest BCUT2D eigenvalue weighted by atomic mass is 32.2. The number of rotatable bonds is 7. The van der Waals surface area contributed by atoms with Crippen molar-refractivity contribution in [2.24, 2.45) is 0 Å².